The number of benzene rings is 1. The summed E-state index contributed by atoms with van der Waals surface area (Å²) in [6.45, 7) is 3.66. The molecule has 0 aliphatic rings. The van der Waals surface area contributed by atoms with Crippen LogP contribution < -0.4 is 11.1 Å². The summed E-state index contributed by atoms with van der Waals surface area (Å²) in [5, 5.41) is 12.4. The number of phenols is 1. The van der Waals surface area contributed by atoms with Crippen molar-refractivity contribution in [1.82, 2.24) is 5.32 Å². The topological polar surface area (TPSA) is 75.3 Å². The maximum Gasteiger partial charge on any atom is 0.251 e. The van der Waals surface area contributed by atoms with E-state index in [9.17, 15) is 9.90 Å². The molecule has 0 aliphatic heterocycles. The highest BCUT2D eigenvalue weighted by Gasteiger charge is 2.15. The molecule has 1 aromatic carbocycles. The summed E-state index contributed by atoms with van der Waals surface area (Å²) in [6, 6.07) is 4.80. The number of hydrogen-bond acceptors (Lipinski definition) is 3. The second-order valence-corrected chi connectivity index (χ2v) is 4.72. The van der Waals surface area contributed by atoms with Crippen molar-refractivity contribution in [3.8, 4) is 5.75 Å². The monoisotopic (exact) mass is 266 g/mol. The number of nitrogens with two attached hydrogens (primary N) is 1. The zero-order valence-corrected chi connectivity index (χ0v) is 11.4. The van der Waals surface area contributed by atoms with Gasteiger partial charge in [0.2, 0.25) is 0 Å². The van der Waals surface area contributed by atoms with Crippen molar-refractivity contribution in [3.63, 3.8) is 0 Å². The first-order chi connectivity index (χ1) is 8.45. The predicted molar refractivity (Wildman–Crippen MR) is 75.8 cm³/mol. The predicted octanol–water partition coefficient (Wildman–Crippen LogP) is 1.89. The first kappa shape index (κ1) is 14.4. The van der Waals surface area contributed by atoms with Gasteiger partial charge in [-0.2, -0.15) is 0 Å². The molecule has 0 radical (unpaired) electrons. The molecule has 0 aliphatic carbocycles. The first-order valence-electron chi connectivity index (χ1n) is 5.83. The maximum atomic E-state index is 12.1. The van der Waals surface area contributed by atoms with E-state index in [2.05, 4.69) is 5.32 Å². The normalized spacial score (nSPS) is 11.9. The number of phenolic OH excluding ortho intramolecular Hbond substituents is 1. The van der Waals surface area contributed by atoms with E-state index in [1.807, 2.05) is 6.92 Å². The smallest absolute Gasteiger partial charge is 0.251 e. The van der Waals surface area contributed by atoms with Crippen molar-refractivity contribution < 1.29 is 9.90 Å². The quantitative estimate of drug-likeness (QED) is 0.711. The molecule has 1 atom stereocenters. The van der Waals surface area contributed by atoms with Gasteiger partial charge in [0.25, 0.3) is 5.91 Å². The van der Waals surface area contributed by atoms with Crippen LogP contribution in [0.4, 0.5) is 0 Å². The lowest BCUT2D eigenvalue weighted by molar-refractivity contribution is 0.0936. The molecule has 0 saturated carbocycles. The highest BCUT2D eigenvalue weighted by atomic mass is 32.1. The molecule has 4 N–H and O–H groups in total. The maximum absolute atomic E-state index is 12.1. The lowest BCUT2D eigenvalue weighted by Crippen LogP contribution is -2.37. The van der Waals surface area contributed by atoms with Crippen LogP contribution >= 0.6 is 12.2 Å². The van der Waals surface area contributed by atoms with Crippen molar-refractivity contribution >= 4 is 23.1 Å². The van der Waals surface area contributed by atoms with Crippen molar-refractivity contribution in [1.29, 1.82) is 0 Å². The van der Waals surface area contributed by atoms with Crippen molar-refractivity contribution in [2.24, 2.45) is 5.73 Å². The zero-order valence-electron chi connectivity index (χ0n) is 10.6. The molecule has 1 rings (SSSR count). The number of nitrogens with one attached hydrogen (secondary N) is 1. The van der Waals surface area contributed by atoms with Gasteiger partial charge in [0.15, 0.2) is 0 Å². The summed E-state index contributed by atoms with van der Waals surface area (Å²) in [5.74, 6) is -0.100. The third-order valence-electron chi connectivity index (χ3n) is 2.83. The van der Waals surface area contributed by atoms with Gasteiger partial charge in [0.05, 0.1) is 4.99 Å². The molecule has 0 spiro atoms. The largest absolute Gasteiger partial charge is 0.508 e. The average Bonchev–Trinajstić information content (AvgIpc) is 2.31. The van der Waals surface area contributed by atoms with Crippen LogP contribution in [0.1, 0.15) is 35.7 Å². The Bertz CT molecular complexity index is 460. The summed E-state index contributed by atoms with van der Waals surface area (Å²) < 4.78 is 0. The van der Waals surface area contributed by atoms with E-state index >= 15 is 0 Å². The van der Waals surface area contributed by atoms with E-state index in [0.29, 0.717) is 22.5 Å². The average molecular weight is 266 g/mol. The standard InChI is InChI=1S/C13H18N2O2S/c1-3-9(7-12(14)18)15-13(17)10-5-4-6-11(16)8(10)2/h4-6,9,16H,3,7H2,1-2H3,(H2,14,18)(H,15,17). The number of aromatic hydroxyl groups is 1. The third kappa shape index (κ3) is 3.70. The van der Waals surface area contributed by atoms with Gasteiger partial charge in [-0.3, -0.25) is 4.79 Å². The fourth-order valence-electron chi connectivity index (χ4n) is 1.67. The molecule has 1 unspecified atom stereocenters. The molecule has 5 heteroatoms. The Balaban J connectivity index is 2.81. The van der Waals surface area contributed by atoms with Gasteiger partial charge in [-0.15, -0.1) is 0 Å². The minimum absolute atomic E-state index is 0.0725. The van der Waals surface area contributed by atoms with E-state index in [1.54, 1.807) is 25.1 Å². The highest BCUT2D eigenvalue weighted by molar-refractivity contribution is 7.80. The molecule has 4 nitrogen and oxygen atoms in total. The van der Waals surface area contributed by atoms with Crippen LogP contribution in [0, 0.1) is 6.92 Å². The second-order valence-electron chi connectivity index (χ2n) is 4.20. The van der Waals surface area contributed by atoms with Crippen LogP contribution in [0.5, 0.6) is 5.75 Å². The Morgan fingerprint density at radius 1 is 1.56 bits per heavy atom. The Morgan fingerprint density at radius 2 is 2.22 bits per heavy atom. The van der Waals surface area contributed by atoms with Gasteiger partial charge in [-0.05, 0) is 25.5 Å². The van der Waals surface area contributed by atoms with Crippen molar-refractivity contribution in [3.05, 3.63) is 29.3 Å². The van der Waals surface area contributed by atoms with Crippen LogP contribution in [0.25, 0.3) is 0 Å². The zero-order chi connectivity index (χ0) is 13.7. The number of rotatable bonds is 5. The lowest BCUT2D eigenvalue weighted by Gasteiger charge is -2.17. The van der Waals surface area contributed by atoms with Crippen LogP contribution in [0.3, 0.4) is 0 Å². The lowest BCUT2D eigenvalue weighted by atomic mass is 10.1. The van der Waals surface area contributed by atoms with Crippen LogP contribution in [0.2, 0.25) is 0 Å². The van der Waals surface area contributed by atoms with Crippen LogP contribution in [-0.4, -0.2) is 22.0 Å². The fraction of sp³-hybridized carbons (Fsp3) is 0.385. The molecule has 0 saturated heterocycles. The summed E-state index contributed by atoms with van der Waals surface area (Å²) in [5.41, 5.74) is 6.52. The molecular weight excluding hydrogens is 248 g/mol. The number of carbonyl (C=O) groups is 1. The molecule has 18 heavy (non-hydrogen) atoms. The summed E-state index contributed by atoms with van der Waals surface area (Å²) >= 11 is 4.84. The number of hydrogen-bond donors (Lipinski definition) is 3. The van der Waals surface area contributed by atoms with Gasteiger partial charge in [-0.25, -0.2) is 0 Å². The molecular formula is C13H18N2O2S. The fourth-order valence-corrected chi connectivity index (χ4v) is 1.87. The second kappa shape index (κ2) is 6.35. The molecule has 98 valence electrons. The van der Waals surface area contributed by atoms with Crippen molar-refractivity contribution in [2.75, 3.05) is 0 Å². The minimum Gasteiger partial charge on any atom is -0.508 e. The van der Waals surface area contributed by atoms with Gasteiger partial charge in [-0.1, -0.05) is 25.2 Å². The number of thiocarbonyl (C=S) groups is 1. The molecule has 0 fully saturated rings. The van der Waals surface area contributed by atoms with Gasteiger partial charge < -0.3 is 16.2 Å². The Hall–Kier alpha value is -1.62. The molecule has 0 heterocycles. The molecule has 0 bridgehead atoms. The van der Waals surface area contributed by atoms with E-state index in [1.165, 1.54) is 0 Å². The Labute approximate surface area is 112 Å². The van der Waals surface area contributed by atoms with E-state index in [4.69, 9.17) is 18.0 Å². The SMILES string of the molecule is CCC(CC(N)=S)NC(=O)c1cccc(O)c1C. The summed E-state index contributed by atoms with van der Waals surface area (Å²) in [7, 11) is 0. The molecule has 1 amide bonds. The third-order valence-corrected chi connectivity index (χ3v) is 2.99. The highest BCUT2D eigenvalue weighted by Crippen LogP contribution is 2.19. The van der Waals surface area contributed by atoms with Crippen LogP contribution in [-0.2, 0) is 0 Å². The minimum atomic E-state index is -0.216. The van der Waals surface area contributed by atoms with Gasteiger partial charge >= 0.3 is 0 Å². The van der Waals surface area contributed by atoms with Crippen LogP contribution in [0.15, 0.2) is 18.2 Å². The number of amides is 1. The molecule has 0 aromatic heterocycles. The molecule has 1 aromatic rings. The first-order valence-corrected chi connectivity index (χ1v) is 6.24. The van der Waals surface area contributed by atoms with E-state index in [0.717, 1.165) is 6.42 Å². The Kier molecular flexibility index (Phi) is 5.09. The van der Waals surface area contributed by atoms with Crippen molar-refractivity contribution in [2.45, 2.75) is 32.7 Å². The van der Waals surface area contributed by atoms with Gasteiger partial charge in [0, 0.05) is 23.6 Å². The number of carbonyl (C=O) groups excluding carboxylic acids is 1. The van der Waals surface area contributed by atoms with E-state index < -0.39 is 0 Å². The Morgan fingerprint density at radius 3 is 2.78 bits per heavy atom. The summed E-state index contributed by atoms with van der Waals surface area (Å²) in [4.78, 5) is 12.4. The van der Waals surface area contributed by atoms with Gasteiger partial charge in [0.1, 0.15) is 5.75 Å². The van der Waals surface area contributed by atoms with E-state index in [-0.39, 0.29) is 17.7 Å². The summed E-state index contributed by atoms with van der Waals surface area (Å²) in [6.07, 6.45) is 1.23.